The summed E-state index contributed by atoms with van der Waals surface area (Å²) in [6.45, 7) is 0. The predicted molar refractivity (Wildman–Crippen MR) is 98.3 cm³/mol. The second-order valence-corrected chi connectivity index (χ2v) is 6.63. The zero-order valence-corrected chi connectivity index (χ0v) is 14.9. The van der Waals surface area contributed by atoms with E-state index in [0.717, 1.165) is 0 Å². The molecule has 1 fully saturated rings. The summed E-state index contributed by atoms with van der Waals surface area (Å²) in [4.78, 5) is 24.6. The van der Waals surface area contributed by atoms with Crippen LogP contribution in [0.25, 0.3) is 0 Å². The summed E-state index contributed by atoms with van der Waals surface area (Å²) in [5.41, 5.74) is 1.12. The molecule has 0 heterocycles. The van der Waals surface area contributed by atoms with Crippen LogP contribution < -0.4 is 15.4 Å². The summed E-state index contributed by atoms with van der Waals surface area (Å²) in [5, 5.41) is 6.39. The predicted octanol–water partition coefficient (Wildman–Crippen LogP) is 4.22. The number of carbonyl (C=O) groups is 2. The lowest BCUT2D eigenvalue weighted by atomic mass is 10.2. The molecule has 2 N–H and O–H groups in total. The maximum Gasteiger partial charge on any atom is 0.228 e. The number of benzene rings is 2. The number of hydrogen-bond donors (Lipinski definition) is 2. The van der Waals surface area contributed by atoms with Crippen molar-refractivity contribution in [3.63, 3.8) is 0 Å². The quantitative estimate of drug-likeness (QED) is 0.818. The SMILES string of the molecule is COc1cccc(NC(=O)C2CC2C(=O)Nc2ccc(Cl)cc2Cl)c1. The van der Waals surface area contributed by atoms with Gasteiger partial charge in [0.25, 0.3) is 0 Å². The second-order valence-electron chi connectivity index (χ2n) is 5.78. The van der Waals surface area contributed by atoms with Gasteiger partial charge in [-0.1, -0.05) is 29.3 Å². The van der Waals surface area contributed by atoms with Crippen LogP contribution in [0.5, 0.6) is 5.75 Å². The summed E-state index contributed by atoms with van der Waals surface area (Å²) < 4.78 is 5.12. The minimum absolute atomic E-state index is 0.185. The van der Waals surface area contributed by atoms with Gasteiger partial charge in [-0.3, -0.25) is 9.59 Å². The van der Waals surface area contributed by atoms with E-state index >= 15 is 0 Å². The van der Waals surface area contributed by atoms with Crippen molar-refractivity contribution >= 4 is 46.4 Å². The summed E-state index contributed by atoms with van der Waals surface area (Å²) in [7, 11) is 1.56. The van der Waals surface area contributed by atoms with E-state index in [-0.39, 0.29) is 23.7 Å². The van der Waals surface area contributed by atoms with E-state index in [1.165, 1.54) is 0 Å². The third-order valence-corrected chi connectivity index (χ3v) is 4.54. The fraction of sp³-hybridized carbons (Fsp3) is 0.222. The Kier molecular flexibility index (Phi) is 5.16. The highest BCUT2D eigenvalue weighted by Gasteiger charge is 2.48. The fourth-order valence-electron chi connectivity index (χ4n) is 2.53. The molecule has 0 aliphatic heterocycles. The van der Waals surface area contributed by atoms with E-state index in [9.17, 15) is 9.59 Å². The molecule has 130 valence electrons. The number of methoxy groups -OCH3 is 1. The van der Waals surface area contributed by atoms with Gasteiger partial charge >= 0.3 is 0 Å². The first-order chi connectivity index (χ1) is 12.0. The highest BCUT2D eigenvalue weighted by atomic mass is 35.5. The average Bonchev–Trinajstić information content (AvgIpc) is 3.38. The Balaban J connectivity index is 1.57. The number of amides is 2. The number of ether oxygens (including phenoxy) is 1. The smallest absolute Gasteiger partial charge is 0.228 e. The molecule has 1 saturated carbocycles. The van der Waals surface area contributed by atoms with Crippen LogP contribution in [-0.2, 0) is 9.59 Å². The van der Waals surface area contributed by atoms with Gasteiger partial charge in [-0.25, -0.2) is 0 Å². The number of halogens is 2. The summed E-state index contributed by atoms with van der Waals surface area (Å²) >= 11 is 11.9. The maximum atomic E-state index is 12.3. The average molecular weight is 379 g/mol. The molecule has 2 aromatic carbocycles. The molecule has 0 bridgehead atoms. The maximum absolute atomic E-state index is 12.3. The fourth-order valence-corrected chi connectivity index (χ4v) is 2.98. The van der Waals surface area contributed by atoms with Crippen molar-refractivity contribution in [3.05, 3.63) is 52.5 Å². The number of rotatable bonds is 5. The molecule has 3 rings (SSSR count). The molecular formula is C18H16Cl2N2O3. The minimum atomic E-state index is -0.364. The monoisotopic (exact) mass is 378 g/mol. The second kappa shape index (κ2) is 7.33. The number of nitrogens with one attached hydrogen (secondary N) is 2. The Morgan fingerprint density at radius 2 is 1.76 bits per heavy atom. The standard InChI is InChI=1S/C18H16Cl2N2O3/c1-25-12-4-2-3-11(8-12)21-17(23)13-9-14(13)18(24)22-16-6-5-10(19)7-15(16)20/h2-8,13-14H,9H2,1H3,(H,21,23)(H,22,24). The molecule has 1 aliphatic rings. The van der Waals surface area contributed by atoms with Gasteiger partial charge in [-0.05, 0) is 36.8 Å². The lowest BCUT2D eigenvalue weighted by molar-refractivity contribution is -0.122. The molecule has 2 amide bonds. The first-order valence-electron chi connectivity index (χ1n) is 7.69. The van der Waals surface area contributed by atoms with Gasteiger partial charge < -0.3 is 15.4 Å². The molecule has 5 nitrogen and oxygen atoms in total. The topological polar surface area (TPSA) is 67.4 Å². The molecule has 0 radical (unpaired) electrons. The molecule has 0 aromatic heterocycles. The Hall–Kier alpha value is -2.24. The molecule has 7 heteroatoms. The Bertz CT molecular complexity index is 826. The Morgan fingerprint density at radius 1 is 1.04 bits per heavy atom. The van der Waals surface area contributed by atoms with Gasteiger partial charge in [-0.15, -0.1) is 0 Å². The largest absolute Gasteiger partial charge is 0.497 e. The van der Waals surface area contributed by atoms with Crippen LogP contribution in [0, 0.1) is 11.8 Å². The van der Waals surface area contributed by atoms with E-state index in [1.807, 2.05) is 0 Å². The van der Waals surface area contributed by atoms with Gasteiger partial charge in [0.15, 0.2) is 0 Å². The van der Waals surface area contributed by atoms with Crippen molar-refractivity contribution in [1.29, 1.82) is 0 Å². The Labute approximate surface area is 155 Å². The lowest BCUT2D eigenvalue weighted by Gasteiger charge is -2.08. The summed E-state index contributed by atoms with van der Waals surface area (Å²) in [5.74, 6) is -0.472. The molecule has 0 spiro atoms. The number of carbonyl (C=O) groups excluding carboxylic acids is 2. The van der Waals surface area contributed by atoms with Gasteiger partial charge in [0.2, 0.25) is 11.8 Å². The van der Waals surface area contributed by atoms with Crippen LogP contribution in [0.1, 0.15) is 6.42 Å². The highest BCUT2D eigenvalue weighted by Crippen LogP contribution is 2.41. The summed E-state index contributed by atoms with van der Waals surface area (Å²) in [6, 6.07) is 11.9. The van der Waals surface area contributed by atoms with E-state index in [2.05, 4.69) is 10.6 Å². The zero-order chi connectivity index (χ0) is 18.0. The van der Waals surface area contributed by atoms with E-state index in [1.54, 1.807) is 49.6 Å². The highest BCUT2D eigenvalue weighted by molar-refractivity contribution is 6.36. The van der Waals surface area contributed by atoms with Crippen molar-refractivity contribution < 1.29 is 14.3 Å². The lowest BCUT2D eigenvalue weighted by Crippen LogP contribution is -2.20. The zero-order valence-electron chi connectivity index (χ0n) is 13.4. The molecule has 25 heavy (non-hydrogen) atoms. The summed E-state index contributed by atoms with van der Waals surface area (Å²) in [6.07, 6.45) is 0.507. The van der Waals surface area contributed by atoms with Crippen molar-refractivity contribution in [1.82, 2.24) is 0 Å². The first-order valence-corrected chi connectivity index (χ1v) is 8.44. The molecule has 1 aliphatic carbocycles. The number of anilines is 2. The van der Waals surface area contributed by atoms with Crippen molar-refractivity contribution in [2.45, 2.75) is 6.42 Å². The number of hydrogen-bond acceptors (Lipinski definition) is 3. The first kappa shape index (κ1) is 17.6. The van der Waals surface area contributed by atoms with Gasteiger partial charge in [0, 0.05) is 16.8 Å². The van der Waals surface area contributed by atoms with Crippen LogP contribution in [0.4, 0.5) is 11.4 Å². The van der Waals surface area contributed by atoms with Crippen LogP contribution in [0.2, 0.25) is 10.0 Å². The third-order valence-electron chi connectivity index (χ3n) is 3.99. The third kappa shape index (κ3) is 4.24. The van der Waals surface area contributed by atoms with E-state index in [0.29, 0.717) is 33.6 Å². The molecule has 2 aromatic rings. The normalized spacial score (nSPS) is 18.4. The molecular weight excluding hydrogens is 363 g/mol. The molecule has 2 unspecified atom stereocenters. The van der Waals surface area contributed by atoms with E-state index in [4.69, 9.17) is 27.9 Å². The minimum Gasteiger partial charge on any atom is -0.497 e. The van der Waals surface area contributed by atoms with Crippen LogP contribution in [0.15, 0.2) is 42.5 Å². The van der Waals surface area contributed by atoms with Crippen molar-refractivity contribution in [2.75, 3.05) is 17.7 Å². The van der Waals surface area contributed by atoms with Crippen LogP contribution >= 0.6 is 23.2 Å². The van der Waals surface area contributed by atoms with Crippen LogP contribution in [0.3, 0.4) is 0 Å². The van der Waals surface area contributed by atoms with Crippen molar-refractivity contribution in [2.24, 2.45) is 11.8 Å². The van der Waals surface area contributed by atoms with Gasteiger partial charge in [0.1, 0.15) is 5.75 Å². The van der Waals surface area contributed by atoms with Gasteiger partial charge in [-0.2, -0.15) is 0 Å². The van der Waals surface area contributed by atoms with E-state index < -0.39 is 0 Å². The van der Waals surface area contributed by atoms with Crippen molar-refractivity contribution in [3.8, 4) is 5.75 Å². The Morgan fingerprint density at radius 3 is 2.44 bits per heavy atom. The molecule has 2 atom stereocenters. The van der Waals surface area contributed by atoms with Gasteiger partial charge in [0.05, 0.1) is 29.7 Å². The van der Waals surface area contributed by atoms with Crippen LogP contribution in [-0.4, -0.2) is 18.9 Å². The molecule has 0 saturated heterocycles.